The zero-order chi connectivity index (χ0) is 14.8. The molecule has 2 aliphatic rings. The highest BCUT2D eigenvalue weighted by molar-refractivity contribution is 5.17. The Bertz CT molecular complexity index is 457. The number of hydrogen-bond donors (Lipinski definition) is 1. The van der Waals surface area contributed by atoms with Crippen molar-refractivity contribution >= 4 is 0 Å². The van der Waals surface area contributed by atoms with Crippen LogP contribution in [0.2, 0.25) is 0 Å². The van der Waals surface area contributed by atoms with E-state index in [2.05, 4.69) is 42.0 Å². The molecular formula is C17H29N3O. The van der Waals surface area contributed by atoms with E-state index in [1.165, 1.54) is 38.0 Å². The first kappa shape index (κ1) is 15.1. The molecule has 4 nitrogen and oxygen atoms in total. The Morgan fingerprint density at radius 2 is 2.24 bits per heavy atom. The van der Waals surface area contributed by atoms with Crippen LogP contribution in [0.15, 0.2) is 16.7 Å². The fraction of sp³-hybridized carbons (Fsp3) is 0.765. The summed E-state index contributed by atoms with van der Waals surface area (Å²) < 4.78 is 5.68. The van der Waals surface area contributed by atoms with E-state index in [9.17, 15) is 0 Å². The molecular weight excluding hydrogens is 262 g/mol. The lowest BCUT2D eigenvalue weighted by Gasteiger charge is -2.42. The summed E-state index contributed by atoms with van der Waals surface area (Å²) in [5, 5.41) is 3.45. The maximum Gasteiger partial charge on any atom is 0.122 e. The summed E-state index contributed by atoms with van der Waals surface area (Å²) in [6, 6.07) is 4.06. The topological polar surface area (TPSA) is 31.7 Å². The number of piperazine rings is 1. The van der Waals surface area contributed by atoms with Crippen molar-refractivity contribution < 1.29 is 4.42 Å². The average molecular weight is 291 g/mol. The van der Waals surface area contributed by atoms with Gasteiger partial charge in [0.2, 0.25) is 0 Å². The minimum atomic E-state index is 0.490. The molecule has 0 aliphatic carbocycles. The SMILES string of the molecule is CC(C)NCc1occc1CN1CC2CCCN2CC1C. The monoisotopic (exact) mass is 291 g/mol. The van der Waals surface area contributed by atoms with Gasteiger partial charge in [0.15, 0.2) is 0 Å². The number of hydrogen-bond acceptors (Lipinski definition) is 4. The van der Waals surface area contributed by atoms with Gasteiger partial charge in [-0.05, 0) is 32.4 Å². The average Bonchev–Trinajstić information content (AvgIpc) is 3.05. The summed E-state index contributed by atoms with van der Waals surface area (Å²) in [5.41, 5.74) is 1.35. The van der Waals surface area contributed by atoms with Crippen molar-refractivity contribution in [3.05, 3.63) is 23.7 Å². The molecule has 0 saturated carbocycles. The van der Waals surface area contributed by atoms with Gasteiger partial charge in [-0.25, -0.2) is 0 Å². The summed E-state index contributed by atoms with van der Waals surface area (Å²) in [7, 11) is 0. The Morgan fingerprint density at radius 3 is 3.05 bits per heavy atom. The van der Waals surface area contributed by atoms with Gasteiger partial charge in [0.05, 0.1) is 12.8 Å². The second-order valence-corrected chi connectivity index (χ2v) is 6.97. The molecule has 2 fully saturated rings. The Balaban J connectivity index is 1.62. The first-order valence-electron chi connectivity index (χ1n) is 8.40. The summed E-state index contributed by atoms with van der Waals surface area (Å²) in [6.45, 7) is 12.3. The van der Waals surface area contributed by atoms with Crippen LogP contribution < -0.4 is 5.32 Å². The molecule has 0 aromatic carbocycles. The smallest absolute Gasteiger partial charge is 0.122 e. The number of nitrogens with one attached hydrogen (secondary N) is 1. The van der Waals surface area contributed by atoms with Crippen molar-refractivity contribution in [1.82, 2.24) is 15.1 Å². The van der Waals surface area contributed by atoms with Gasteiger partial charge in [-0.3, -0.25) is 9.80 Å². The van der Waals surface area contributed by atoms with Gasteiger partial charge in [0, 0.05) is 43.3 Å². The second kappa shape index (κ2) is 6.51. The summed E-state index contributed by atoms with van der Waals surface area (Å²) in [5.74, 6) is 1.10. The Hall–Kier alpha value is -0.840. The number of furan rings is 1. The molecule has 0 amide bonds. The lowest BCUT2D eigenvalue weighted by molar-refractivity contribution is 0.0536. The van der Waals surface area contributed by atoms with E-state index in [1.807, 2.05) is 6.26 Å². The van der Waals surface area contributed by atoms with Crippen LogP contribution in [0.25, 0.3) is 0 Å². The largest absolute Gasteiger partial charge is 0.468 e. The lowest BCUT2D eigenvalue weighted by atomic mass is 10.1. The van der Waals surface area contributed by atoms with E-state index >= 15 is 0 Å². The number of rotatable bonds is 5. The molecule has 3 rings (SSSR count). The molecule has 0 radical (unpaired) electrons. The zero-order valence-electron chi connectivity index (χ0n) is 13.6. The van der Waals surface area contributed by atoms with Crippen molar-refractivity contribution in [1.29, 1.82) is 0 Å². The van der Waals surface area contributed by atoms with Crippen LogP contribution in [0.4, 0.5) is 0 Å². The maximum atomic E-state index is 5.68. The first-order chi connectivity index (χ1) is 10.1. The third kappa shape index (κ3) is 3.50. The molecule has 1 aromatic rings. The lowest BCUT2D eigenvalue weighted by Crippen LogP contribution is -2.54. The highest BCUT2D eigenvalue weighted by atomic mass is 16.3. The van der Waals surface area contributed by atoms with E-state index in [0.29, 0.717) is 12.1 Å². The van der Waals surface area contributed by atoms with Crippen LogP contribution in [0.1, 0.15) is 44.9 Å². The van der Waals surface area contributed by atoms with Gasteiger partial charge < -0.3 is 9.73 Å². The predicted octanol–water partition coefficient (Wildman–Crippen LogP) is 2.45. The van der Waals surface area contributed by atoms with Gasteiger partial charge in [-0.15, -0.1) is 0 Å². The second-order valence-electron chi connectivity index (χ2n) is 6.97. The molecule has 0 spiro atoms. The molecule has 2 saturated heterocycles. The van der Waals surface area contributed by atoms with Crippen LogP contribution in [0, 0.1) is 0 Å². The maximum absolute atomic E-state index is 5.68. The van der Waals surface area contributed by atoms with Crippen LogP contribution in [0.3, 0.4) is 0 Å². The van der Waals surface area contributed by atoms with E-state index in [4.69, 9.17) is 4.42 Å². The van der Waals surface area contributed by atoms with Gasteiger partial charge in [-0.1, -0.05) is 13.8 Å². The van der Waals surface area contributed by atoms with E-state index in [-0.39, 0.29) is 0 Å². The van der Waals surface area contributed by atoms with Gasteiger partial charge >= 0.3 is 0 Å². The molecule has 21 heavy (non-hydrogen) atoms. The van der Waals surface area contributed by atoms with Crippen LogP contribution in [0.5, 0.6) is 0 Å². The molecule has 4 heteroatoms. The van der Waals surface area contributed by atoms with Crippen molar-refractivity contribution in [2.75, 3.05) is 19.6 Å². The minimum Gasteiger partial charge on any atom is -0.468 e. The van der Waals surface area contributed by atoms with E-state index in [0.717, 1.165) is 24.9 Å². The summed E-state index contributed by atoms with van der Waals surface area (Å²) in [6.07, 6.45) is 4.58. The zero-order valence-corrected chi connectivity index (χ0v) is 13.6. The van der Waals surface area contributed by atoms with E-state index < -0.39 is 0 Å². The molecule has 1 aromatic heterocycles. The van der Waals surface area contributed by atoms with Crippen molar-refractivity contribution in [2.45, 2.75) is 64.8 Å². The van der Waals surface area contributed by atoms with Gasteiger partial charge in [0.1, 0.15) is 5.76 Å². The molecule has 2 atom stereocenters. The van der Waals surface area contributed by atoms with Gasteiger partial charge in [0.25, 0.3) is 0 Å². The Labute approximate surface area is 128 Å². The molecule has 3 heterocycles. The molecule has 2 unspecified atom stereocenters. The number of nitrogens with zero attached hydrogens (tertiary/aromatic N) is 2. The van der Waals surface area contributed by atoms with Crippen molar-refractivity contribution in [3.63, 3.8) is 0 Å². The number of fused-ring (bicyclic) bond motifs is 1. The van der Waals surface area contributed by atoms with E-state index in [1.54, 1.807) is 0 Å². The molecule has 0 bridgehead atoms. The highest BCUT2D eigenvalue weighted by Crippen LogP contribution is 2.26. The van der Waals surface area contributed by atoms with Crippen LogP contribution in [-0.4, -0.2) is 47.6 Å². The fourth-order valence-electron chi connectivity index (χ4n) is 3.65. The van der Waals surface area contributed by atoms with Crippen molar-refractivity contribution in [3.8, 4) is 0 Å². The van der Waals surface area contributed by atoms with Crippen LogP contribution >= 0.6 is 0 Å². The first-order valence-corrected chi connectivity index (χ1v) is 8.40. The summed E-state index contributed by atoms with van der Waals surface area (Å²) >= 11 is 0. The predicted molar refractivity (Wildman–Crippen MR) is 85.2 cm³/mol. The fourth-order valence-corrected chi connectivity index (χ4v) is 3.65. The standard InChI is InChI=1S/C17H29N3O/c1-13(2)18-9-17-15(6-8-21-17)11-20-12-16-5-4-7-19(16)10-14(20)3/h6,8,13-14,16,18H,4-5,7,9-12H2,1-3H3. The van der Waals surface area contributed by atoms with Crippen molar-refractivity contribution in [2.24, 2.45) is 0 Å². The summed E-state index contributed by atoms with van der Waals surface area (Å²) in [4.78, 5) is 5.31. The normalized spacial score (nSPS) is 27.4. The third-order valence-corrected chi connectivity index (χ3v) is 4.95. The van der Waals surface area contributed by atoms with Gasteiger partial charge in [-0.2, -0.15) is 0 Å². The molecule has 1 N–H and O–H groups in total. The Morgan fingerprint density at radius 1 is 1.38 bits per heavy atom. The van der Waals surface area contributed by atoms with Crippen LogP contribution in [-0.2, 0) is 13.1 Å². The molecule has 2 aliphatic heterocycles. The molecule has 118 valence electrons. The highest BCUT2D eigenvalue weighted by Gasteiger charge is 2.34. The minimum absolute atomic E-state index is 0.490. The third-order valence-electron chi connectivity index (χ3n) is 4.95. The quantitative estimate of drug-likeness (QED) is 0.903. The Kier molecular flexibility index (Phi) is 4.67.